The lowest BCUT2D eigenvalue weighted by molar-refractivity contribution is 0.522. The third-order valence-corrected chi connectivity index (χ3v) is 3.06. The second-order valence-corrected chi connectivity index (χ2v) is 4.34. The topological polar surface area (TPSA) is 55.6 Å². The quantitative estimate of drug-likeness (QED) is 0.871. The SMILES string of the molecule is CCCn1nncc1C(NC)c1cnccc1C. The van der Waals surface area contributed by atoms with Crippen molar-refractivity contribution in [1.82, 2.24) is 25.3 Å². The van der Waals surface area contributed by atoms with Crippen molar-refractivity contribution in [3.8, 4) is 0 Å². The Labute approximate surface area is 107 Å². The normalized spacial score (nSPS) is 12.6. The summed E-state index contributed by atoms with van der Waals surface area (Å²) in [5.74, 6) is 0. The summed E-state index contributed by atoms with van der Waals surface area (Å²) in [4.78, 5) is 4.21. The van der Waals surface area contributed by atoms with E-state index >= 15 is 0 Å². The zero-order valence-corrected chi connectivity index (χ0v) is 11.1. The highest BCUT2D eigenvalue weighted by Crippen LogP contribution is 2.23. The molecule has 0 spiro atoms. The minimum absolute atomic E-state index is 0.0836. The van der Waals surface area contributed by atoms with Crippen LogP contribution in [0.5, 0.6) is 0 Å². The van der Waals surface area contributed by atoms with Crippen LogP contribution in [-0.2, 0) is 6.54 Å². The van der Waals surface area contributed by atoms with Gasteiger partial charge < -0.3 is 5.32 Å². The van der Waals surface area contributed by atoms with Gasteiger partial charge in [0.15, 0.2) is 0 Å². The van der Waals surface area contributed by atoms with Gasteiger partial charge in [-0.25, -0.2) is 4.68 Å². The van der Waals surface area contributed by atoms with Crippen LogP contribution >= 0.6 is 0 Å². The number of rotatable bonds is 5. The van der Waals surface area contributed by atoms with Crippen molar-refractivity contribution < 1.29 is 0 Å². The molecule has 96 valence electrons. The Morgan fingerprint density at radius 1 is 1.39 bits per heavy atom. The van der Waals surface area contributed by atoms with Gasteiger partial charge in [-0.3, -0.25) is 4.98 Å². The smallest absolute Gasteiger partial charge is 0.0802 e. The lowest BCUT2D eigenvalue weighted by Gasteiger charge is -2.18. The van der Waals surface area contributed by atoms with Crippen LogP contribution in [0.3, 0.4) is 0 Å². The summed E-state index contributed by atoms with van der Waals surface area (Å²) in [5.41, 5.74) is 3.46. The number of pyridine rings is 1. The van der Waals surface area contributed by atoms with Gasteiger partial charge in [-0.15, -0.1) is 5.10 Å². The molecule has 5 heteroatoms. The second-order valence-electron chi connectivity index (χ2n) is 4.34. The third-order valence-electron chi connectivity index (χ3n) is 3.06. The summed E-state index contributed by atoms with van der Waals surface area (Å²) in [6, 6.07) is 2.11. The van der Waals surface area contributed by atoms with Crippen LogP contribution in [0.25, 0.3) is 0 Å². The molecule has 0 aliphatic carbocycles. The first-order valence-electron chi connectivity index (χ1n) is 6.24. The molecule has 2 aromatic rings. The van der Waals surface area contributed by atoms with Crippen LogP contribution in [0.2, 0.25) is 0 Å². The average molecular weight is 245 g/mol. The van der Waals surface area contributed by atoms with Gasteiger partial charge in [-0.05, 0) is 37.6 Å². The van der Waals surface area contributed by atoms with Crippen LogP contribution < -0.4 is 5.32 Å². The van der Waals surface area contributed by atoms with Gasteiger partial charge in [0.1, 0.15) is 0 Å². The summed E-state index contributed by atoms with van der Waals surface area (Å²) in [6.45, 7) is 5.11. The predicted octanol–water partition coefficient (Wildman–Crippen LogP) is 1.70. The Morgan fingerprint density at radius 3 is 2.89 bits per heavy atom. The largest absolute Gasteiger partial charge is 0.308 e. The maximum atomic E-state index is 4.21. The highest BCUT2D eigenvalue weighted by molar-refractivity contribution is 5.30. The first-order valence-corrected chi connectivity index (χ1v) is 6.24. The minimum atomic E-state index is 0.0836. The van der Waals surface area contributed by atoms with Crippen LogP contribution in [0.1, 0.15) is 36.2 Å². The van der Waals surface area contributed by atoms with Crippen LogP contribution in [-0.4, -0.2) is 27.0 Å². The Morgan fingerprint density at radius 2 is 2.22 bits per heavy atom. The molecule has 0 fully saturated rings. The van der Waals surface area contributed by atoms with Gasteiger partial charge in [0, 0.05) is 18.9 Å². The fraction of sp³-hybridized carbons (Fsp3) is 0.462. The molecule has 0 saturated carbocycles. The minimum Gasteiger partial charge on any atom is -0.308 e. The van der Waals surface area contributed by atoms with Crippen LogP contribution in [0, 0.1) is 6.92 Å². The van der Waals surface area contributed by atoms with Crippen LogP contribution in [0.4, 0.5) is 0 Å². The fourth-order valence-corrected chi connectivity index (χ4v) is 2.12. The van der Waals surface area contributed by atoms with Crippen molar-refractivity contribution in [1.29, 1.82) is 0 Å². The number of aromatic nitrogens is 4. The molecular weight excluding hydrogens is 226 g/mol. The molecule has 0 radical (unpaired) electrons. The molecule has 0 aromatic carbocycles. The van der Waals surface area contributed by atoms with E-state index in [4.69, 9.17) is 0 Å². The zero-order valence-electron chi connectivity index (χ0n) is 11.1. The molecule has 0 bridgehead atoms. The van der Waals surface area contributed by atoms with Gasteiger partial charge in [0.2, 0.25) is 0 Å². The lowest BCUT2D eigenvalue weighted by atomic mass is 10.0. The Kier molecular flexibility index (Phi) is 4.04. The average Bonchev–Trinajstić information content (AvgIpc) is 2.82. The van der Waals surface area contributed by atoms with E-state index in [0.717, 1.165) is 18.7 Å². The highest BCUT2D eigenvalue weighted by atomic mass is 15.4. The van der Waals surface area contributed by atoms with Crippen molar-refractivity contribution >= 4 is 0 Å². The molecular formula is C13H19N5. The van der Waals surface area contributed by atoms with Gasteiger partial charge >= 0.3 is 0 Å². The first kappa shape index (κ1) is 12.7. The molecule has 2 aromatic heterocycles. The summed E-state index contributed by atoms with van der Waals surface area (Å²) in [6.07, 6.45) is 6.58. The van der Waals surface area contributed by atoms with E-state index < -0.39 is 0 Å². The molecule has 0 amide bonds. The molecule has 0 aliphatic heterocycles. The Balaban J connectivity index is 2.39. The van der Waals surface area contributed by atoms with E-state index in [0.29, 0.717) is 0 Å². The van der Waals surface area contributed by atoms with E-state index in [1.165, 1.54) is 11.1 Å². The molecule has 1 unspecified atom stereocenters. The number of hydrogen-bond donors (Lipinski definition) is 1. The summed E-state index contributed by atoms with van der Waals surface area (Å²) in [7, 11) is 1.94. The molecule has 0 aliphatic rings. The van der Waals surface area contributed by atoms with E-state index in [2.05, 4.69) is 34.5 Å². The highest BCUT2D eigenvalue weighted by Gasteiger charge is 2.18. The number of nitrogens with zero attached hydrogens (tertiary/aromatic N) is 4. The van der Waals surface area contributed by atoms with E-state index in [1.807, 2.05) is 36.4 Å². The summed E-state index contributed by atoms with van der Waals surface area (Å²) < 4.78 is 1.95. The standard InChI is InChI=1S/C13H19N5/c1-4-7-18-12(9-16-17-18)13(14-3)11-8-15-6-5-10(11)2/h5-6,8-9,13-14H,4,7H2,1-3H3. The second kappa shape index (κ2) is 5.73. The molecule has 0 saturated heterocycles. The van der Waals surface area contributed by atoms with Crippen molar-refractivity contribution in [2.24, 2.45) is 0 Å². The van der Waals surface area contributed by atoms with Crippen molar-refractivity contribution in [2.45, 2.75) is 32.9 Å². The number of aryl methyl sites for hydroxylation is 2. The summed E-state index contributed by atoms with van der Waals surface area (Å²) >= 11 is 0. The molecule has 2 heterocycles. The van der Waals surface area contributed by atoms with Gasteiger partial charge in [-0.2, -0.15) is 0 Å². The molecule has 5 nitrogen and oxygen atoms in total. The fourth-order valence-electron chi connectivity index (χ4n) is 2.12. The maximum Gasteiger partial charge on any atom is 0.0802 e. The molecule has 18 heavy (non-hydrogen) atoms. The number of nitrogens with one attached hydrogen (secondary N) is 1. The molecule has 1 atom stereocenters. The monoisotopic (exact) mass is 245 g/mol. The maximum absolute atomic E-state index is 4.21. The van der Waals surface area contributed by atoms with Crippen molar-refractivity contribution in [3.63, 3.8) is 0 Å². The van der Waals surface area contributed by atoms with Gasteiger partial charge in [0.25, 0.3) is 0 Å². The van der Waals surface area contributed by atoms with Crippen molar-refractivity contribution in [3.05, 3.63) is 41.5 Å². The van der Waals surface area contributed by atoms with Crippen LogP contribution in [0.15, 0.2) is 24.7 Å². The molecule has 1 N–H and O–H groups in total. The Hall–Kier alpha value is -1.75. The van der Waals surface area contributed by atoms with Gasteiger partial charge in [-0.1, -0.05) is 12.1 Å². The van der Waals surface area contributed by atoms with E-state index in [-0.39, 0.29) is 6.04 Å². The van der Waals surface area contributed by atoms with Gasteiger partial charge in [0.05, 0.1) is 17.9 Å². The number of hydrogen-bond acceptors (Lipinski definition) is 4. The first-order chi connectivity index (χ1) is 8.77. The molecule has 2 rings (SSSR count). The lowest BCUT2D eigenvalue weighted by Crippen LogP contribution is -2.22. The summed E-state index contributed by atoms with van der Waals surface area (Å²) in [5, 5.41) is 11.5. The van der Waals surface area contributed by atoms with E-state index in [1.54, 1.807) is 0 Å². The third kappa shape index (κ3) is 2.41. The zero-order chi connectivity index (χ0) is 13.0. The van der Waals surface area contributed by atoms with Crippen molar-refractivity contribution in [2.75, 3.05) is 7.05 Å². The van der Waals surface area contributed by atoms with E-state index in [9.17, 15) is 0 Å². The Bertz CT molecular complexity index is 506. The predicted molar refractivity (Wildman–Crippen MR) is 70.2 cm³/mol.